The Bertz CT molecular complexity index is 315. The van der Waals surface area contributed by atoms with Crippen molar-refractivity contribution in [1.29, 1.82) is 0 Å². The predicted octanol–water partition coefficient (Wildman–Crippen LogP) is 2.89. The quantitative estimate of drug-likeness (QED) is 0.728. The van der Waals surface area contributed by atoms with Crippen LogP contribution in [0.3, 0.4) is 0 Å². The average molecular weight is 251 g/mol. The minimum Gasteiger partial charge on any atom is -0.353 e. The molecule has 0 aliphatic carbocycles. The zero-order valence-electron chi connectivity index (χ0n) is 12.4. The summed E-state index contributed by atoms with van der Waals surface area (Å²) in [6, 6.07) is 2.75. The molecule has 1 atom stereocenters. The molecule has 0 aromatic carbocycles. The van der Waals surface area contributed by atoms with E-state index in [1.54, 1.807) is 0 Å². The molecule has 3 heteroatoms. The Morgan fingerprint density at radius 3 is 2.56 bits per heavy atom. The minimum absolute atomic E-state index is 0.504. The van der Waals surface area contributed by atoms with Crippen LogP contribution in [0.15, 0.2) is 18.5 Å². The molecule has 1 N–H and O–H groups in total. The first kappa shape index (κ1) is 15.3. The van der Waals surface area contributed by atoms with Gasteiger partial charge in [-0.3, -0.25) is 0 Å². The molecule has 1 heterocycles. The van der Waals surface area contributed by atoms with Crippen molar-refractivity contribution >= 4 is 0 Å². The van der Waals surface area contributed by atoms with Gasteiger partial charge in [-0.05, 0) is 38.2 Å². The third-order valence-electron chi connectivity index (χ3n) is 3.67. The van der Waals surface area contributed by atoms with E-state index in [1.165, 1.54) is 18.4 Å². The number of aromatic nitrogens is 1. The standard InChI is InChI=1S/C15H29N3/c1-5-8-15(16-4)14-9-10-18(13-14)12-11-17(6-2)7-3/h9-10,13,15-16H,5-8,11-12H2,1-4H3. The maximum absolute atomic E-state index is 3.40. The van der Waals surface area contributed by atoms with E-state index in [0.29, 0.717) is 6.04 Å². The van der Waals surface area contributed by atoms with E-state index < -0.39 is 0 Å². The van der Waals surface area contributed by atoms with Crippen molar-refractivity contribution in [3.8, 4) is 0 Å². The summed E-state index contributed by atoms with van der Waals surface area (Å²) in [5, 5.41) is 3.40. The monoisotopic (exact) mass is 251 g/mol. The highest BCUT2D eigenvalue weighted by molar-refractivity contribution is 5.15. The molecule has 0 amide bonds. The zero-order chi connectivity index (χ0) is 13.4. The van der Waals surface area contributed by atoms with Crippen molar-refractivity contribution in [2.45, 2.75) is 46.2 Å². The smallest absolute Gasteiger partial charge is 0.0347 e. The first-order valence-corrected chi connectivity index (χ1v) is 7.30. The molecule has 0 aliphatic heterocycles. The zero-order valence-corrected chi connectivity index (χ0v) is 12.4. The lowest BCUT2D eigenvalue weighted by atomic mass is 10.1. The molecule has 0 aliphatic rings. The van der Waals surface area contributed by atoms with Crippen LogP contribution in [0.1, 0.15) is 45.2 Å². The van der Waals surface area contributed by atoms with Crippen LogP contribution in [0.2, 0.25) is 0 Å². The van der Waals surface area contributed by atoms with E-state index in [9.17, 15) is 0 Å². The van der Waals surface area contributed by atoms with Gasteiger partial charge in [0.05, 0.1) is 0 Å². The maximum Gasteiger partial charge on any atom is 0.0347 e. The van der Waals surface area contributed by atoms with E-state index in [0.717, 1.165) is 26.2 Å². The molecule has 1 aromatic heterocycles. The largest absolute Gasteiger partial charge is 0.353 e. The minimum atomic E-state index is 0.504. The van der Waals surface area contributed by atoms with Gasteiger partial charge in [-0.25, -0.2) is 0 Å². The molecular weight excluding hydrogens is 222 g/mol. The molecule has 1 aromatic rings. The third kappa shape index (κ3) is 4.46. The summed E-state index contributed by atoms with van der Waals surface area (Å²) in [5.41, 5.74) is 1.42. The van der Waals surface area contributed by atoms with Gasteiger partial charge >= 0.3 is 0 Å². The van der Waals surface area contributed by atoms with Crippen molar-refractivity contribution in [1.82, 2.24) is 14.8 Å². The topological polar surface area (TPSA) is 20.2 Å². The summed E-state index contributed by atoms with van der Waals surface area (Å²) < 4.78 is 2.31. The van der Waals surface area contributed by atoms with Gasteiger partial charge in [0.15, 0.2) is 0 Å². The fourth-order valence-corrected chi connectivity index (χ4v) is 2.37. The van der Waals surface area contributed by atoms with Crippen molar-refractivity contribution in [3.63, 3.8) is 0 Å². The van der Waals surface area contributed by atoms with E-state index in [2.05, 4.69) is 54.0 Å². The number of hydrogen-bond acceptors (Lipinski definition) is 2. The molecule has 0 saturated carbocycles. The van der Waals surface area contributed by atoms with Crippen molar-refractivity contribution < 1.29 is 0 Å². The van der Waals surface area contributed by atoms with Gasteiger partial charge in [-0.1, -0.05) is 27.2 Å². The molecule has 3 nitrogen and oxygen atoms in total. The molecular formula is C15H29N3. The normalized spacial score (nSPS) is 13.2. The van der Waals surface area contributed by atoms with Gasteiger partial charge in [-0.15, -0.1) is 0 Å². The second-order valence-corrected chi connectivity index (χ2v) is 4.84. The Kier molecular flexibility index (Phi) is 7.06. The van der Waals surface area contributed by atoms with Crippen LogP contribution in [0.25, 0.3) is 0 Å². The Balaban J connectivity index is 2.51. The number of nitrogens with zero attached hydrogens (tertiary/aromatic N) is 2. The molecule has 0 fully saturated rings. The maximum atomic E-state index is 3.40. The number of hydrogen-bond donors (Lipinski definition) is 1. The van der Waals surface area contributed by atoms with Crippen molar-refractivity contribution in [2.75, 3.05) is 26.7 Å². The molecule has 0 bridgehead atoms. The van der Waals surface area contributed by atoms with Crippen molar-refractivity contribution in [2.24, 2.45) is 0 Å². The van der Waals surface area contributed by atoms with Gasteiger partial charge in [0.1, 0.15) is 0 Å². The molecule has 0 radical (unpaired) electrons. The third-order valence-corrected chi connectivity index (χ3v) is 3.67. The first-order chi connectivity index (χ1) is 8.74. The Morgan fingerprint density at radius 1 is 1.28 bits per heavy atom. The number of nitrogens with one attached hydrogen (secondary N) is 1. The van der Waals surface area contributed by atoms with E-state index in [-0.39, 0.29) is 0 Å². The highest BCUT2D eigenvalue weighted by atomic mass is 15.1. The van der Waals surface area contributed by atoms with Crippen LogP contribution >= 0.6 is 0 Å². The van der Waals surface area contributed by atoms with Crippen LogP contribution in [0.4, 0.5) is 0 Å². The Morgan fingerprint density at radius 2 is 2.00 bits per heavy atom. The number of likely N-dealkylation sites (N-methyl/N-ethyl adjacent to an activating group) is 1. The van der Waals surface area contributed by atoms with Gasteiger partial charge < -0.3 is 14.8 Å². The molecule has 1 rings (SSSR count). The molecule has 18 heavy (non-hydrogen) atoms. The summed E-state index contributed by atoms with van der Waals surface area (Å²) in [6.07, 6.45) is 6.92. The van der Waals surface area contributed by atoms with E-state index >= 15 is 0 Å². The molecule has 104 valence electrons. The summed E-state index contributed by atoms with van der Waals surface area (Å²) in [6.45, 7) is 11.2. The van der Waals surface area contributed by atoms with Crippen LogP contribution < -0.4 is 5.32 Å². The number of rotatable bonds is 9. The second-order valence-electron chi connectivity index (χ2n) is 4.84. The second kappa shape index (κ2) is 8.33. The SMILES string of the molecule is CCCC(NC)c1ccn(CCN(CC)CC)c1. The van der Waals surface area contributed by atoms with E-state index in [1.807, 2.05) is 7.05 Å². The van der Waals surface area contributed by atoms with Crippen molar-refractivity contribution in [3.05, 3.63) is 24.0 Å². The highest BCUT2D eigenvalue weighted by Crippen LogP contribution is 2.18. The van der Waals surface area contributed by atoms with Crippen LogP contribution in [-0.2, 0) is 6.54 Å². The lowest BCUT2D eigenvalue weighted by Gasteiger charge is -2.18. The summed E-state index contributed by atoms with van der Waals surface area (Å²) in [7, 11) is 2.05. The van der Waals surface area contributed by atoms with Gasteiger partial charge in [0.2, 0.25) is 0 Å². The Labute approximate surface area is 112 Å². The summed E-state index contributed by atoms with van der Waals surface area (Å²) in [5.74, 6) is 0. The average Bonchev–Trinajstić information content (AvgIpc) is 2.86. The lowest BCUT2D eigenvalue weighted by molar-refractivity contribution is 0.290. The predicted molar refractivity (Wildman–Crippen MR) is 78.9 cm³/mol. The highest BCUT2D eigenvalue weighted by Gasteiger charge is 2.09. The van der Waals surface area contributed by atoms with Crippen LogP contribution in [-0.4, -0.2) is 36.1 Å². The van der Waals surface area contributed by atoms with Crippen LogP contribution in [0, 0.1) is 0 Å². The summed E-state index contributed by atoms with van der Waals surface area (Å²) >= 11 is 0. The first-order valence-electron chi connectivity index (χ1n) is 7.30. The molecule has 0 saturated heterocycles. The van der Waals surface area contributed by atoms with Gasteiger partial charge in [0, 0.05) is 31.5 Å². The fourth-order valence-electron chi connectivity index (χ4n) is 2.37. The molecule has 1 unspecified atom stereocenters. The Hall–Kier alpha value is -0.800. The molecule has 0 spiro atoms. The van der Waals surface area contributed by atoms with Crippen LogP contribution in [0.5, 0.6) is 0 Å². The van der Waals surface area contributed by atoms with E-state index in [4.69, 9.17) is 0 Å². The van der Waals surface area contributed by atoms with Gasteiger partial charge in [-0.2, -0.15) is 0 Å². The summed E-state index contributed by atoms with van der Waals surface area (Å²) in [4.78, 5) is 2.46. The van der Waals surface area contributed by atoms with Gasteiger partial charge in [0.25, 0.3) is 0 Å². The lowest BCUT2D eigenvalue weighted by Crippen LogP contribution is -2.26. The fraction of sp³-hybridized carbons (Fsp3) is 0.733.